The van der Waals surface area contributed by atoms with E-state index in [1.807, 2.05) is 19.1 Å². The maximum atomic E-state index is 8.68. The number of ether oxygens (including phenoxy) is 1. The number of halogens is 1. The Kier molecular flexibility index (Phi) is 3.49. The van der Waals surface area contributed by atoms with Crippen LogP contribution in [-0.4, -0.2) is 4.98 Å². The van der Waals surface area contributed by atoms with Gasteiger partial charge in [-0.1, -0.05) is 15.9 Å². The number of nitrogen functional groups attached to an aromatic ring is 1. The number of benzene rings is 1. The molecule has 2 rings (SSSR count). The van der Waals surface area contributed by atoms with Gasteiger partial charge in [-0.2, -0.15) is 5.26 Å². The lowest BCUT2D eigenvalue weighted by atomic mass is 10.2. The molecule has 0 unspecified atom stereocenters. The summed E-state index contributed by atoms with van der Waals surface area (Å²) in [4.78, 5) is 4.04. The number of nitrogens with zero attached hydrogens (tertiary/aromatic N) is 2. The molecule has 4 nitrogen and oxygen atoms in total. The van der Waals surface area contributed by atoms with Crippen molar-refractivity contribution in [2.45, 2.75) is 6.92 Å². The lowest BCUT2D eigenvalue weighted by Gasteiger charge is -2.11. The highest BCUT2D eigenvalue weighted by molar-refractivity contribution is 9.10. The molecular weight excluding hydrogens is 294 g/mol. The topological polar surface area (TPSA) is 71.9 Å². The molecule has 2 N–H and O–H groups in total. The Bertz CT molecular complexity index is 594. The fraction of sp³-hybridized carbons (Fsp3) is 0.0769. The van der Waals surface area contributed by atoms with E-state index < -0.39 is 0 Å². The minimum Gasteiger partial charge on any atom is -0.437 e. The minimum absolute atomic E-state index is 0.408. The Morgan fingerprint density at radius 1 is 1.39 bits per heavy atom. The summed E-state index contributed by atoms with van der Waals surface area (Å²) < 4.78 is 6.53. The first-order valence-electron chi connectivity index (χ1n) is 5.20. The minimum atomic E-state index is 0.408. The lowest BCUT2D eigenvalue weighted by Crippen LogP contribution is -1.96. The largest absolute Gasteiger partial charge is 0.437 e. The molecule has 0 saturated carbocycles. The second kappa shape index (κ2) is 5.07. The van der Waals surface area contributed by atoms with Gasteiger partial charge in [-0.15, -0.1) is 0 Å². The number of nitriles is 1. The molecule has 0 radical (unpaired) electrons. The van der Waals surface area contributed by atoms with Crippen molar-refractivity contribution in [2.24, 2.45) is 0 Å². The van der Waals surface area contributed by atoms with Gasteiger partial charge in [-0.25, -0.2) is 4.98 Å². The van der Waals surface area contributed by atoms with Gasteiger partial charge in [-0.05, 0) is 30.7 Å². The molecule has 0 amide bonds. The van der Waals surface area contributed by atoms with E-state index in [9.17, 15) is 0 Å². The number of aromatic nitrogens is 1. The van der Waals surface area contributed by atoms with Crippen LogP contribution in [0.25, 0.3) is 0 Å². The first kappa shape index (κ1) is 12.4. The molecule has 5 heteroatoms. The van der Waals surface area contributed by atoms with Crippen molar-refractivity contribution in [1.82, 2.24) is 4.98 Å². The summed E-state index contributed by atoms with van der Waals surface area (Å²) in [5.74, 6) is 0.988. The van der Waals surface area contributed by atoms with Crippen molar-refractivity contribution in [3.05, 3.63) is 46.1 Å². The zero-order valence-corrected chi connectivity index (χ0v) is 11.2. The van der Waals surface area contributed by atoms with E-state index in [-0.39, 0.29) is 0 Å². The van der Waals surface area contributed by atoms with E-state index in [4.69, 9.17) is 15.7 Å². The van der Waals surface area contributed by atoms with E-state index in [1.165, 1.54) is 6.20 Å². The zero-order valence-electron chi connectivity index (χ0n) is 9.64. The van der Waals surface area contributed by atoms with Gasteiger partial charge in [0.15, 0.2) is 5.75 Å². The van der Waals surface area contributed by atoms with Gasteiger partial charge in [0.05, 0.1) is 11.3 Å². The molecule has 1 aromatic heterocycles. The average Bonchev–Trinajstić information content (AvgIpc) is 2.34. The van der Waals surface area contributed by atoms with Crippen molar-refractivity contribution in [3.63, 3.8) is 0 Å². The van der Waals surface area contributed by atoms with E-state index in [0.717, 1.165) is 10.0 Å². The van der Waals surface area contributed by atoms with Crippen molar-refractivity contribution in [3.8, 4) is 17.7 Å². The number of hydrogen-bond acceptors (Lipinski definition) is 4. The second-order valence-electron chi connectivity index (χ2n) is 3.74. The van der Waals surface area contributed by atoms with E-state index in [1.54, 1.807) is 18.2 Å². The van der Waals surface area contributed by atoms with Crippen LogP contribution in [0.4, 0.5) is 5.69 Å². The first-order chi connectivity index (χ1) is 8.60. The van der Waals surface area contributed by atoms with Crippen LogP contribution in [0.1, 0.15) is 11.1 Å². The van der Waals surface area contributed by atoms with E-state index in [2.05, 4.69) is 20.9 Å². The maximum absolute atomic E-state index is 8.68. The van der Waals surface area contributed by atoms with Gasteiger partial charge >= 0.3 is 0 Å². The van der Waals surface area contributed by atoms with Crippen LogP contribution in [0, 0.1) is 18.3 Å². The normalized spacial score (nSPS) is 9.83. The molecule has 0 atom stereocenters. The molecule has 90 valence electrons. The molecule has 0 aliphatic heterocycles. The van der Waals surface area contributed by atoms with Crippen LogP contribution in [-0.2, 0) is 0 Å². The van der Waals surface area contributed by atoms with E-state index in [0.29, 0.717) is 22.9 Å². The first-order valence-corrected chi connectivity index (χ1v) is 5.99. The zero-order chi connectivity index (χ0) is 13.1. The van der Waals surface area contributed by atoms with Gasteiger partial charge in [0.1, 0.15) is 6.07 Å². The van der Waals surface area contributed by atoms with E-state index >= 15 is 0 Å². The lowest BCUT2D eigenvalue weighted by molar-refractivity contribution is 0.461. The summed E-state index contributed by atoms with van der Waals surface area (Å²) in [6.07, 6.45) is 1.46. The van der Waals surface area contributed by atoms with Crippen LogP contribution in [0.5, 0.6) is 11.6 Å². The molecule has 0 fully saturated rings. The molecule has 0 spiro atoms. The fourth-order valence-electron chi connectivity index (χ4n) is 1.51. The standard InChI is InChI=1S/C13H10BrN3O/c1-8-4-10(14)5-11(16)13(8)18-12-3-2-9(6-15)7-17-12/h2-5,7H,16H2,1H3. The molecule has 0 aliphatic rings. The predicted octanol–water partition coefficient (Wildman–Crippen LogP) is 3.40. The summed E-state index contributed by atoms with van der Waals surface area (Å²) >= 11 is 3.36. The molecule has 0 bridgehead atoms. The predicted molar refractivity (Wildman–Crippen MR) is 72.3 cm³/mol. The van der Waals surface area contributed by atoms with Crippen LogP contribution in [0.2, 0.25) is 0 Å². The molecule has 1 heterocycles. The van der Waals surface area contributed by atoms with Gasteiger partial charge in [0.25, 0.3) is 0 Å². The Labute approximate surface area is 113 Å². The Balaban J connectivity index is 2.31. The highest BCUT2D eigenvalue weighted by atomic mass is 79.9. The number of nitrogens with two attached hydrogens (primary N) is 1. The highest BCUT2D eigenvalue weighted by Gasteiger charge is 2.08. The number of aryl methyl sites for hydroxylation is 1. The van der Waals surface area contributed by atoms with Gasteiger partial charge in [0.2, 0.25) is 5.88 Å². The number of anilines is 1. The molecule has 0 aliphatic carbocycles. The SMILES string of the molecule is Cc1cc(Br)cc(N)c1Oc1ccc(C#N)cn1. The van der Waals surface area contributed by atoms with Crippen molar-refractivity contribution in [2.75, 3.05) is 5.73 Å². The highest BCUT2D eigenvalue weighted by Crippen LogP contribution is 2.33. The third-order valence-electron chi connectivity index (χ3n) is 2.34. The third-order valence-corrected chi connectivity index (χ3v) is 2.80. The monoisotopic (exact) mass is 303 g/mol. The molecule has 0 saturated heterocycles. The maximum Gasteiger partial charge on any atom is 0.219 e. The molecule has 1 aromatic carbocycles. The van der Waals surface area contributed by atoms with Crippen LogP contribution in [0.3, 0.4) is 0 Å². The van der Waals surface area contributed by atoms with Gasteiger partial charge in [-0.3, -0.25) is 0 Å². The molecular formula is C13H10BrN3O. The summed E-state index contributed by atoms with van der Waals surface area (Å²) in [6, 6.07) is 8.97. The quantitative estimate of drug-likeness (QED) is 0.863. The number of rotatable bonds is 2. The third kappa shape index (κ3) is 2.60. The summed E-state index contributed by atoms with van der Waals surface area (Å²) in [5, 5.41) is 8.68. The second-order valence-corrected chi connectivity index (χ2v) is 4.66. The number of hydrogen-bond donors (Lipinski definition) is 1. The smallest absolute Gasteiger partial charge is 0.219 e. The van der Waals surface area contributed by atoms with Crippen LogP contribution < -0.4 is 10.5 Å². The Morgan fingerprint density at radius 2 is 2.17 bits per heavy atom. The fourth-order valence-corrected chi connectivity index (χ4v) is 2.10. The summed E-state index contributed by atoms with van der Waals surface area (Å²) in [7, 11) is 0. The van der Waals surface area contributed by atoms with Crippen molar-refractivity contribution in [1.29, 1.82) is 5.26 Å². The Morgan fingerprint density at radius 3 is 2.72 bits per heavy atom. The van der Waals surface area contributed by atoms with Gasteiger partial charge < -0.3 is 10.5 Å². The Hall–Kier alpha value is -2.06. The molecule has 2 aromatic rings. The van der Waals surface area contributed by atoms with Crippen LogP contribution >= 0.6 is 15.9 Å². The van der Waals surface area contributed by atoms with Crippen LogP contribution in [0.15, 0.2) is 34.9 Å². The summed E-state index contributed by atoms with van der Waals surface area (Å²) in [5.41, 5.74) is 7.83. The summed E-state index contributed by atoms with van der Waals surface area (Å²) in [6.45, 7) is 1.90. The van der Waals surface area contributed by atoms with Crippen molar-refractivity contribution < 1.29 is 4.74 Å². The number of pyridine rings is 1. The molecule has 18 heavy (non-hydrogen) atoms. The van der Waals surface area contributed by atoms with Gasteiger partial charge in [0, 0.05) is 16.7 Å². The van der Waals surface area contributed by atoms with Crippen molar-refractivity contribution >= 4 is 21.6 Å². The average molecular weight is 304 g/mol.